The SMILES string of the molecule is CC(C)C(N)C(=O)NC(Cc1c[nH]c2ccccc12)C(=O)NC(Cc1c[nH]c2ccccc12)C(=O)NC(CCCN=C(N)N)C(=O)O. The number of aromatic nitrogens is 2. The van der Waals surface area contributed by atoms with Crippen molar-refractivity contribution in [2.24, 2.45) is 28.1 Å². The maximum Gasteiger partial charge on any atom is 0.326 e. The Morgan fingerprint density at radius 1 is 0.766 bits per heavy atom. The lowest BCUT2D eigenvalue weighted by atomic mass is 10.00. The van der Waals surface area contributed by atoms with Crippen LogP contribution in [0.25, 0.3) is 21.8 Å². The molecule has 0 bridgehead atoms. The second-order valence-corrected chi connectivity index (χ2v) is 11.9. The predicted molar refractivity (Wildman–Crippen MR) is 180 cm³/mol. The van der Waals surface area contributed by atoms with Crippen molar-refractivity contribution in [1.82, 2.24) is 25.9 Å². The van der Waals surface area contributed by atoms with Gasteiger partial charge in [0.05, 0.1) is 6.04 Å². The molecule has 0 radical (unpaired) electrons. The molecule has 12 N–H and O–H groups in total. The largest absolute Gasteiger partial charge is 0.480 e. The zero-order chi connectivity index (χ0) is 34.1. The molecule has 0 spiro atoms. The lowest BCUT2D eigenvalue weighted by molar-refractivity contribution is -0.142. The lowest BCUT2D eigenvalue weighted by Crippen LogP contribution is -2.58. The first-order chi connectivity index (χ1) is 22.4. The first-order valence-electron chi connectivity index (χ1n) is 15.5. The summed E-state index contributed by atoms with van der Waals surface area (Å²) in [5.41, 5.74) is 20.1. The number of amides is 3. The summed E-state index contributed by atoms with van der Waals surface area (Å²) in [7, 11) is 0. The van der Waals surface area contributed by atoms with Crippen LogP contribution in [0.15, 0.2) is 65.9 Å². The number of carbonyl (C=O) groups is 4. The first kappa shape index (κ1) is 34.5. The number of carbonyl (C=O) groups excluding carboxylic acids is 3. The smallest absolute Gasteiger partial charge is 0.326 e. The van der Waals surface area contributed by atoms with Crippen LogP contribution in [0.3, 0.4) is 0 Å². The maximum absolute atomic E-state index is 14.0. The molecule has 0 saturated carbocycles. The van der Waals surface area contributed by atoms with Gasteiger partial charge in [-0.2, -0.15) is 0 Å². The molecule has 250 valence electrons. The van der Waals surface area contributed by atoms with E-state index in [2.05, 4.69) is 30.9 Å². The number of H-pyrrole nitrogens is 2. The lowest BCUT2D eigenvalue weighted by Gasteiger charge is -2.26. The Balaban J connectivity index is 1.62. The number of aromatic amines is 2. The molecule has 2 aromatic carbocycles. The number of aliphatic imine (C=N–C) groups is 1. The van der Waals surface area contributed by atoms with Crippen molar-refractivity contribution in [2.45, 2.75) is 63.7 Å². The highest BCUT2D eigenvalue weighted by atomic mass is 16.4. The summed E-state index contributed by atoms with van der Waals surface area (Å²) in [6.07, 6.45) is 4.02. The molecule has 0 aliphatic carbocycles. The minimum absolute atomic E-state index is 0.0428. The Hall–Kier alpha value is -5.37. The van der Waals surface area contributed by atoms with Gasteiger partial charge in [-0.1, -0.05) is 50.2 Å². The van der Waals surface area contributed by atoms with Crippen molar-refractivity contribution in [1.29, 1.82) is 0 Å². The molecular formula is C33H43N9O5. The molecule has 4 atom stereocenters. The summed E-state index contributed by atoms with van der Waals surface area (Å²) in [5, 5.41) is 19.7. The zero-order valence-corrected chi connectivity index (χ0v) is 26.5. The van der Waals surface area contributed by atoms with E-state index in [9.17, 15) is 24.3 Å². The molecular weight excluding hydrogens is 602 g/mol. The number of hydrogen-bond acceptors (Lipinski definition) is 6. The summed E-state index contributed by atoms with van der Waals surface area (Å²) in [5.74, 6) is -3.39. The molecule has 4 aromatic rings. The molecule has 2 aromatic heterocycles. The van der Waals surface area contributed by atoms with Crippen LogP contribution in [0.5, 0.6) is 0 Å². The zero-order valence-electron chi connectivity index (χ0n) is 26.5. The molecule has 2 heterocycles. The number of nitrogens with zero attached hydrogens (tertiary/aromatic N) is 1. The van der Waals surface area contributed by atoms with Gasteiger partial charge in [-0.3, -0.25) is 19.4 Å². The number of fused-ring (bicyclic) bond motifs is 2. The van der Waals surface area contributed by atoms with Crippen LogP contribution in [0.4, 0.5) is 0 Å². The number of nitrogens with two attached hydrogens (primary N) is 3. The molecule has 0 aliphatic heterocycles. The monoisotopic (exact) mass is 645 g/mol. The molecule has 4 unspecified atom stereocenters. The molecule has 47 heavy (non-hydrogen) atoms. The van der Waals surface area contributed by atoms with E-state index >= 15 is 0 Å². The minimum atomic E-state index is -1.26. The van der Waals surface area contributed by atoms with Crippen molar-refractivity contribution < 1.29 is 24.3 Å². The van der Waals surface area contributed by atoms with E-state index in [4.69, 9.17) is 17.2 Å². The third-order valence-electron chi connectivity index (χ3n) is 8.04. The van der Waals surface area contributed by atoms with E-state index in [-0.39, 0.29) is 37.7 Å². The Morgan fingerprint density at radius 3 is 1.70 bits per heavy atom. The van der Waals surface area contributed by atoms with Gasteiger partial charge in [0.15, 0.2) is 5.96 Å². The first-order valence-corrected chi connectivity index (χ1v) is 15.5. The van der Waals surface area contributed by atoms with Crippen LogP contribution >= 0.6 is 0 Å². The maximum atomic E-state index is 14.0. The number of benzene rings is 2. The van der Waals surface area contributed by atoms with E-state index in [1.54, 1.807) is 26.2 Å². The number of nitrogens with one attached hydrogen (secondary N) is 5. The van der Waals surface area contributed by atoms with Crippen LogP contribution in [0, 0.1) is 5.92 Å². The topological polar surface area (TPSA) is 247 Å². The number of carboxylic acid groups (broad SMARTS) is 1. The summed E-state index contributed by atoms with van der Waals surface area (Å²) in [6, 6.07) is 10.6. The Labute approximate surface area is 271 Å². The van der Waals surface area contributed by atoms with Crippen molar-refractivity contribution in [3.8, 4) is 0 Å². The van der Waals surface area contributed by atoms with Crippen LogP contribution in [-0.4, -0.2) is 75.4 Å². The van der Waals surface area contributed by atoms with Gasteiger partial charge in [-0.15, -0.1) is 0 Å². The molecule has 0 aliphatic rings. The Bertz CT molecular complexity index is 1740. The Kier molecular flexibility index (Phi) is 11.6. The Morgan fingerprint density at radius 2 is 1.23 bits per heavy atom. The van der Waals surface area contributed by atoms with E-state index in [0.29, 0.717) is 6.42 Å². The molecule has 4 rings (SSSR count). The van der Waals surface area contributed by atoms with E-state index < -0.39 is 47.9 Å². The van der Waals surface area contributed by atoms with Gasteiger partial charge in [0.2, 0.25) is 17.7 Å². The van der Waals surface area contributed by atoms with Gasteiger partial charge in [0.25, 0.3) is 0 Å². The quantitative estimate of drug-likeness (QED) is 0.0482. The van der Waals surface area contributed by atoms with Gasteiger partial charge in [-0.05, 0) is 42.0 Å². The number of carboxylic acids is 1. The standard InChI is InChI=1S/C33H43N9O5/c1-18(2)28(34)31(45)42-27(15-20-17-39-24-11-6-4-9-22(20)24)30(44)41-26(14-19-16-38-23-10-5-3-8-21(19)23)29(43)40-25(32(46)47)12-7-13-37-33(35)36/h3-6,8-11,16-18,25-28,38-39H,7,12-15,34H2,1-2H3,(H,40,43)(H,41,44)(H,42,45)(H,46,47)(H4,35,36,37). The third kappa shape index (κ3) is 9.10. The van der Waals surface area contributed by atoms with Crippen molar-refractivity contribution in [3.63, 3.8) is 0 Å². The average Bonchev–Trinajstić information content (AvgIpc) is 3.64. The van der Waals surface area contributed by atoms with Gasteiger partial charge < -0.3 is 48.2 Å². The van der Waals surface area contributed by atoms with Crippen molar-refractivity contribution in [2.75, 3.05) is 6.54 Å². The van der Waals surface area contributed by atoms with Crippen LogP contribution in [-0.2, 0) is 32.0 Å². The summed E-state index contributed by atoms with van der Waals surface area (Å²) >= 11 is 0. The van der Waals surface area contributed by atoms with Gasteiger partial charge in [0, 0.05) is 53.6 Å². The number of para-hydroxylation sites is 2. The van der Waals surface area contributed by atoms with E-state index in [0.717, 1.165) is 32.9 Å². The number of rotatable bonds is 16. The molecule has 3 amide bonds. The van der Waals surface area contributed by atoms with Crippen molar-refractivity contribution >= 4 is 51.5 Å². The van der Waals surface area contributed by atoms with Gasteiger partial charge in [-0.25, -0.2) is 4.79 Å². The van der Waals surface area contributed by atoms with Crippen LogP contribution in [0.1, 0.15) is 37.8 Å². The number of aliphatic carboxylic acids is 1. The van der Waals surface area contributed by atoms with Gasteiger partial charge in [0.1, 0.15) is 18.1 Å². The fourth-order valence-corrected chi connectivity index (χ4v) is 5.34. The van der Waals surface area contributed by atoms with Gasteiger partial charge >= 0.3 is 5.97 Å². The van der Waals surface area contributed by atoms with Crippen molar-refractivity contribution in [3.05, 3.63) is 72.1 Å². The van der Waals surface area contributed by atoms with E-state index in [1.165, 1.54) is 0 Å². The molecule has 0 saturated heterocycles. The normalized spacial score (nSPS) is 13.9. The average molecular weight is 646 g/mol. The summed E-state index contributed by atoms with van der Waals surface area (Å²) in [4.78, 5) is 63.2. The predicted octanol–water partition coefficient (Wildman–Crippen LogP) is 1.01. The highest BCUT2D eigenvalue weighted by molar-refractivity contribution is 5.95. The van der Waals surface area contributed by atoms with Crippen LogP contribution in [0.2, 0.25) is 0 Å². The second kappa shape index (κ2) is 15.8. The molecule has 14 nitrogen and oxygen atoms in total. The summed E-state index contributed by atoms with van der Waals surface area (Å²) in [6.45, 7) is 3.79. The van der Waals surface area contributed by atoms with Crippen LogP contribution < -0.4 is 33.2 Å². The molecule has 0 fully saturated rings. The second-order valence-electron chi connectivity index (χ2n) is 11.9. The number of hydrogen-bond donors (Lipinski definition) is 9. The summed E-state index contributed by atoms with van der Waals surface area (Å²) < 4.78 is 0. The molecule has 14 heteroatoms. The number of guanidine groups is 1. The fraction of sp³-hybridized carbons (Fsp3) is 0.364. The minimum Gasteiger partial charge on any atom is -0.480 e. The highest BCUT2D eigenvalue weighted by Gasteiger charge is 2.32. The van der Waals surface area contributed by atoms with E-state index in [1.807, 2.05) is 48.5 Å². The highest BCUT2D eigenvalue weighted by Crippen LogP contribution is 2.21. The third-order valence-corrected chi connectivity index (χ3v) is 8.04. The fourth-order valence-electron chi connectivity index (χ4n) is 5.34.